The van der Waals surface area contributed by atoms with Gasteiger partial charge in [0.05, 0.1) is 5.69 Å². The van der Waals surface area contributed by atoms with Crippen LogP contribution in [0.1, 0.15) is 30.1 Å². The molecule has 152 valence electrons. The molecule has 0 spiro atoms. The van der Waals surface area contributed by atoms with Gasteiger partial charge in [-0.3, -0.25) is 9.36 Å². The third-order valence-electron chi connectivity index (χ3n) is 4.16. The Kier molecular flexibility index (Phi) is 6.30. The molecule has 0 saturated carbocycles. The Morgan fingerprint density at radius 3 is 2.62 bits per heavy atom. The van der Waals surface area contributed by atoms with Gasteiger partial charge in [0.1, 0.15) is 17.0 Å². The average Bonchev–Trinajstić information content (AvgIpc) is 3.23. The molecule has 9 heteroatoms. The molecule has 0 aliphatic carbocycles. The van der Waals surface area contributed by atoms with Crippen LogP contribution in [-0.4, -0.2) is 30.4 Å². The highest BCUT2D eigenvalue weighted by Crippen LogP contribution is 2.37. The standard InChI is InChI=1S/C20H22N4O4S/c1-2-3-9-23-17-12-15(20(25)24-11-10-22-14-24)13-18(29(21,26)27)19(17)28-16-7-5-4-6-8-16/h4-8,10-14,23H,2-3,9H2,1H3,(H2,21,26,27). The van der Waals surface area contributed by atoms with Crippen molar-refractivity contribution in [3.8, 4) is 11.5 Å². The van der Waals surface area contributed by atoms with E-state index in [1.54, 1.807) is 30.3 Å². The van der Waals surface area contributed by atoms with E-state index in [9.17, 15) is 13.2 Å². The first kappa shape index (κ1) is 20.6. The van der Waals surface area contributed by atoms with Gasteiger partial charge in [-0.25, -0.2) is 18.5 Å². The zero-order valence-electron chi connectivity index (χ0n) is 15.9. The van der Waals surface area contributed by atoms with Crippen LogP contribution in [0.5, 0.6) is 11.5 Å². The number of nitrogens with two attached hydrogens (primary N) is 1. The first-order valence-electron chi connectivity index (χ1n) is 9.10. The highest BCUT2D eigenvalue weighted by atomic mass is 32.2. The van der Waals surface area contributed by atoms with Gasteiger partial charge in [0.15, 0.2) is 5.75 Å². The third-order valence-corrected chi connectivity index (χ3v) is 5.07. The van der Waals surface area contributed by atoms with Crippen LogP contribution in [0.25, 0.3) is 0 Å². The molecular weight excluding hydrogens is 392 g/mol. The van der Waals surface area contributed by atoms with Crippen molar-refractivity contribution in [3.05, 3.63) is 66.7 Å². The van der Waals surface area contributed by atoms with Crippen molar-refractivity contribution in [1.82, 2.24) is 9.55 Å². The number of aromatic nitrogens is 2. The smallest absolute Gasteiger partial charge is 0.263 e. The van der Waals surface area contributed by atoms with Gasteiger partial charge in [0.25, 0.3) is 5.91 Å². The summed E-state index contributed by atoms with van der Waals surface area (Å²) in [6, 6.07) is 11.5. The summed E-state index contributed by atoms with van der Waals surface area (Å²) in [5.41, 5.74) is 0.517. The Bertz CT molecular complexity index is 1080. The van der Waals surface area contributed by atoms with Gasteiger partial charge in [-0.15, -0.1) is 0 Å². The van der Waals surface area contributed by atoms with E-state index < -0.39 is 15.9 Å². The summed E-state index contributed by atoms with van der Waals surface area (Å²) in [4.78, 5) is 16.3. The number of nitrogens with one attached hydrogen (secondary N) is 1. The Labute approximate surface area is 169 Å². The van der Waals surface area contributed by atoms with E-state index >= 15 is 0 Å². The van der Waals surface area contributed by atoms with E-state index in [0.29, 0.717) is 18.0 Å². The van der Waals surface area contributed by atoms with Crippen LogP contribution in [0, 0.1) is 0 Å². The average molecular weight is 414 g/mol. The number of sulfonamides is 1. The number of nitrogens with zero attached hydrogens (tertiary/aromatic N) is 2. The largest absolute Gasteiger partial charge is 0.454 e. The molecule has 29 heavy (non-hydrogen) atoms. The Balaban J connectivity index is 2.14. The number of benzene rings is 2. The maximum Gasteiger partial charge on any atom is 0.263 e. The predicted molar refractivity (Wildman–Crippen MR) is 110 cm³/mol. The SMILES string of the molecule is CCCCNc1cc(C(=O)n2ccnc2)cc(S(N)(=O)=O)c1Oc1ccccc1. The van der Waals surface area contributed by atoms with Crippen molar-refractivity contribution >= 4 is 21.6 Å². The quantitative estimate of drug-likeness (QED) is 0.547. The molecule has 1 aromatic heterocycles. The summed E-state index contributed by atoms with van der Waals surface area (Å²) in [7, 11) is -4.17. The van der Waals surface area contributed by atoms with E-state index in [4.69, 9.17) is 9.88 Å². The van der Waals surface area contributed by atoms with Crippen molar-refractivity contribution in [1.29, 1.82) is 0 Å². The van der Waals surface area contributed by atoms with Gasteiger partial charge >= 0.3 is 0 Å². The number of carbonyl (C=O) groups is 1. The second kappa shape index (κ2) is 8.89. The lowest BCUT2D eigenvalue weighted by atomic mass is 10.1. The number of hydrogen-bond donors (Lipinski definition) is 2. The molecule has 0 bridgehead atoms. The van der Waals surface area contributed by atoms with Crippen LogP contribution in [0.3, 0.4) is 0 Å². The maximum atomic E-state index is 12.8. The summed E-state index contributed by atoms with van der Waals surface area (Å²) in [5, 5.41) is 8.62. The van der Waals surface area contributed by atoms with Crippen LogP contribution in [0.4, 0.5) is 5.69 Å². The monoisotopic (exact) mass is 414 g/mol. The molecule has 0 fully saturated rings. The van der Waals surface area contributed by atoms with Crippen molar-refractivity contribution in [2.45, 2.75) is 24.7 Å². The molecule has 2 aromatic carbocycles. The summed E-state index contributed by atoms with van der Waals surface area (Å²) in [5.74, 6) is 0.0683. The number of unbranched alkanes of at least 4 members (excludes halogenated alkanes) is 1. The minimum atomic E-state index is -4.17. The Morgan fingerprint density at radius 2 is 2.00 bits per heavy atom. The van der Waals surface area contributed by atoms with E-state index in [-0.39, 0.29) is 16.2 Å². The van der Waals surface area contributed by atoms with Crippen LogP contribution >= 0.6 is 0 Å². The first-order chi connectivity index (χ1) is 13.9. The fraction of sp³-hybridized carbons (Fsp3) is 0.200. The van der Waals surface area contributed by atoms with Crippen LogP contribution in [0.15, 0.2) is 66.1 Å². The number of anilines is 1. The summed E-state index contributed by atoms with van der Waals surface area (Å²) >= 11 is 0. The number of rotatable bonds is 8. The minimum absolute atomic E-state index is 0.0528. The van der Waals surface area contributed by atoms with Crippen molar-refractivity contribution < 1.29 is 17.9 Å². The fourth-order valence-electron chi connectivity index (χ4n) is 2.71. The Hall–Kier alpha value is -3.17. The first-order valence-corrected chi connectivity index (χ1v) is 10.6. The van der Waals surface area contributed by atoms with Crippen molar-refractivity contribution in [3.63, 3.8) is 0 Å². The highest BCUT2D eigenvalue weighted by molar-refractivity contribution is 7.89. The van der Waals surface area contributed by atoms with E-state index in [1.807, 2.05) is 13.0 Å². The number of para-hydroxylation sites is 1. The van der Waals surface area contributed by atoms with E-state index in [0.717, 1.165) is 12.8 Å². The molecule has 0 unspecified atom stereocenters. The zero-order valence-corrected chi connectivity index (χ0v) is 16.7. The molecular formula is C20H22N4O4S. The molecule has 0 atom stereocenters. The van der Waals surface area contributed by atoms with Crippen molar-refractivity contribution in [2.24, 2.45) is 5.14 Å². The number of carbonyl (C=O) groups excluding carboxylic acids is 1. The molecule has 3 aromatic rings. The van der Waals surface area contributed by atoms with Crippen LogP contribution in [-0.2, 0) is 10.0 Å². The molecule has 3 N–H and O–H groups in total. The van der Waals surface area contributed by atoms with Gasteiger partial charge in [-0.2, -0.15) is 0 Å². The topological polar surface area (TPSA) is 116 Å². The third kappa shape index (κ3) is 5.01. The molecule has 8 nitrogen and oxygen atoms in total. The normalized spacial score (nSPS) is 11.2. The Morgan fingerprint density at radius 1 is 1.24 bits per heavy atom. The van der Waals surface area contributed by atoms with Crippen LogP contribution < -0.4 is 15.2 Å². The minimum Gasteiger partial charge on any atom is -0.454 e. The number of hydrogen-bond acceptors (Lipinski definition) is 6. The van der Waals surface area contributed by atoms with Gasteiger partial charge in [0, 0.05) is 24.5 Å². The number of ether oxygens (including phenoxy) is 1. The lowest BCUT2D eigenvalue weighted by Crippen LogP contribution is -2.18. The van der Waals surface area contributed by atoms with E-state index in [2.05, 4.69) is 10.3 Å². The number of primary sulfonamides is 1. The molecule has 0 saturated heterocycles. The molecule has 0 amide bonds. The van der Waals surface area contributed by atoms with E-state index in [1.165, 1.54) is 29.4 Å². The predicted octanol–water partition coefficient (Wildman–Crippen LogP) is 3.22. The molecule has 1 heterocycles. The highest BCUT2D eigenvalue weighted by Gasteiger charge is 2.24. The second-order valence-corrected chi connectivity index (χ2v) is 7.90. The summed E-state index contributed by atoms with van der Waals surface area (Å²) in [6.45, 7) is 2.62. The van der Waals surface area contributed by atoms with Gasteiger partial charge in [0.2, 0.25) is 10.0 Å². The zero-order chi connectivity index (χ0) is 20.9. The number of imidazole rings is 1. The van der Waals surface area contributed by atoms with Gasteiger partial charge < -0.3 is 10.1 Å². The maximum absolute atomic E-state index is 12.8. The van der Waals surface area contributed by atoms with Crippen molar-refractivity contribution in [2.75, 3.05) is 11.9 Å². The fourth-order valence-corrected chi connectivity index (χ4v) is 3.41. The molecule has 0 aliphatic heterocycles. The van der Waals surface area contributed by atoms with Crippen LogP contribution in [0.2, 0.25) is 0 Å². The lowest BCUT2D eigenvalue weighted by molar-refractivity contribution is 0.0959. The summed E-state index contributed by atoms with van der Waals surface area (Å²) in [6.07, 6.45) is 6.09. The van der Waals surface area contributed by atoms with Gasteiger partial charge in [-0.1, -0.05) is 31.5 Å². The molecule has 3 rings (SSSR count). The summed E-state index contributed by atoms with van der Waals surface area (Å²) < 4.78 is 31.8. The molecule has 0 aliphatic rings. The molecule has 0 radical (unpaired) electrons. The lowest BCUT2D eigenvalue weighted by Gasteiger charge is -2.17. The second-order valence-electron chi connectivity index (χ2n) is 6.37. The van der Waals surface area contributed by atoms with Gasteiger partial charge in [-0.05, 0) is 30.7 Å².